The zero-order valence-corrected chi connectivity index (χ0v) is 23.7. The quantitative estimate of drug-likeness (QED) is 0.299. The van der Waals surface area contributed by atoms with Crippen molar-refractivity contribution in [1.82, 2.24) is 4.98 Å². The van der Waals surface area contributed by atoms with E-state index in [1.807, 2.05) is 55.5 Å². The number of thiazole rings is 1. The van der Waals surface area contributed by atoms with Gasteiger partial charge in [-0.1, -0.05) is 32.0 Å². The third kappa shape index (κ3) is 4.99. The average Bonchev–Trinajstić information content (AvgIpc) is 3.34. The van der Waals surface area contributed by atoms with Crippen LogP contribution in [0, 0.1) is 16.7 Å². The number of para-hydroxylation sites is 1. The lowest BCUT2D eigenvalue weighted by atomic mass is 9.47. The van der Waals surface area contributed by atoms with Gasteiger partial charge in [0.15, 0.2) is 5.13 Å². The first-order valence-electron chi connectivity index (χ1n) is 13.3. The number of benzene rings is 2. The molecule has 1 aromatic heterocycles. The summed E-state index contributed by atoms with van der Waals surface area (Å²) in [5.41, 5.74) is 1.41. The van der Waals surface area contributed by atoms with Gasteiger partial charge in [-0.2, -0.15) is 0 Å². The van der Waals surface area contributed by atoms with Crippen LogP contribution in [0.5, 0.6) is 11.5 Å². The van der Waals surface area contributed by atoms with Crippen molar-refractivity contribution in [3.63, 3.8) is 0 Å². The smallest absolute Gasteiger partial charge is 0.225 e. The first-order chi connectivity index (χ1) is 18.7. The van der Waals surface area contributed by atoms with Crippen molar-refractivity contribution in [1.29, 1.82) is 0 Å². The first-order valence-corrected chi connectivity index (χ1v) is 14.2. The summed E-state index contributed by atoms with van der Waals surface area (Å²) in [6.45, 7) is 4.07. The summed E-state index contributed by atoms with van der Waals surface area (Å²) in [7, 11) is 3.24. The maximum atomic E-state index is 13.4. The number of hydrogen-bond donors (Lipinski definition) is 4. The molecule has 2 aromatic carbocycles. The van der Waals surface area contributed by atoms with Gasteiger partial charge < -0.3 is 30.3 Å². The van der Waals surface area contributed by atoms with Gasteiger partial charge in [0.05, 0.1) is 38.3 Å². The number of ether oxygens (including phenoxy) is 2. The second-order valence-corrected chi connectivity index (χ2v) is 12.3. The maximum absolute atomic E-state index is 13.4. The Labute approximate surface area is 233 Å². The Kier molecular flexibility index (Phi) is 7.59. The van der Waals surface area contributed by atoms with Gasteiger partial charge in [0.2, 0.25) is 5.91 Å². The molecule has 8 nitrogen and oxygen atoms in total. The molecule has 0 unspecified atom stereocenters. The summed E-state index contributed by atoms with van der Waals surface area (Å²) in [5.74, 6) is 1.10. The van der Waals surface area contributed by atoms with Crippen molar-refractivity contribution in [3.05, 3.63) is 59.1 Å². The van der Waals surface area contributed by atoms with E-state index in [2.05, 4.69) is 17.6 Å². The number of carbonyl (C=O) groups excluding carboxylic acids is 1. The molecular formula is C30H37N3O5S. The summed E-state index contributed by atoms with van der Waals surface area (Å²) in [4.78, 5) is 19.5. The Hall–Kier alpha value is -3.14. The molecule has 0 radical (unpaired) electrons. The molecule has 1 amide bonds. The van der Waals surface area contributed by atoms with E-state index in [1.165, 1.54) is 0 Å². The summed E-state index contributed by atoms with van der Waals surface area (Å²) < 4.78 is 10.9. The predicted molar refractivity (Wildman–Crippen MR) is 153 cm³/mol. The van der Waals surface area contributed by atoms with Crippen LogP contribution in [0.15, 0.2) is 48.5 Å². The second-order valence-electron chi connectivity index (χ2n) is 11.2. The molecule has 2 aliphatic rings. The van der Waals surface area contributed by atoms with Crippen LogP contribution in [0.3, 0.4) is 0 Å². The highest BCUT2D eigenvalue weighted by atomic mass is 32.1. The molecule has 208 valence electrons. The summed E-state index contributed by atoms with van der Waals surface area (Å²) >= 11 is 1.55. The second kappa shape index (κ2) is 10.8. The number of amides is 1. The number of rotatable bonds is 8. The minimum atomic E-state index is -0.674. The van der Waals surface area contributed by atoms with Crippen LogP contribution in [0.2, 0.25) is 0 Å². The van der Waals surface area contributed by atoms with Crippen LogP contribution in [0.25, 0.3) is 0 Å². The highest BCUT2D eigenvalue weighted by Crippen LogP contribution is 2.63. The van der Waals surface area contributed by atoms with E-state index in [0.29, 0.717) is 29.5 Å². The van der Waals surface area contributed by atoms with E-state index >= 15 is 0 Å². The third-order valence-corrected chi connectivity index (χ3v) is 10.00. The number of nitrogens with one attached hydrogen (secondary N) is 2. The molecule has 1 fully saturated rings. The van der Waals surface area contributed by atoms with Gasteiger partial charge in [-0.15, -0.1) is 11.3 Å². The average molecular weight is 552 g/mol. The molecule has 2 aliphatic carbocycles. The van der Waals surface area contributed by atoms with E-state index in [1.54, 1.807) is 25.6 Å². The zero-order chi connectivity index (χ0) is 27.8. The van der Waals surface area contributed by atoms with Gasteiger partial charge in [0.25, 0.3) is 0 Å². The summed E-state index contributed by atoms with van der Waals surface area (Å²) in [6, 6.07) is 15.0. The molecule has 0 spiro atoms. The SMILES string of the molecule is COc1ccc(OC)c(Nc2nc3c(s2)C[C@@H]2[C@](C)(CO)[C@H](O)CC[C@@]2(C)[C@@H]3CC(=O)Nc2ccccc2)c1. The molecule has 9 heteroatoms. The molecule has 0 aliphatic heterocycles. The van der Waals surface area contributed by atoms with Crippen molar-refractivity contribution in [2.45, 2.75) is 51.6 Å². The van der Waals surface area contributed by atoms with Crippen molar-refractivity contribution in [2.75, 3.05) is 31.5 Å². The lowest BCUT2D eigenvalue weighted by Crippen LogP contribution is -2.57. The van der Waals surface area contributed by atoms with Crippen molar-refractivity contribution in [3.8, 4) is 11.5 Å². The Morgan fingerprint density at radius 3 is 2.62 bits per heavy atom. The van der Waals surface area contributed by atoms with Crippen molar-refractivity contribution in [2.24, 2.45) is 16.7 Å². The standard InChI is InChI=1S/C30H37N3O5S/c1-29-13-12-25(35)30(2,17-34)24(29)16-23-27(20(29)15-26(36)31-18-8-6-5-7-9-18)33-28(39-23)32-21-14-19(37-3)10-11-22(21)38-4/h5-11,14,20,24-25,34-35H,12-13,15-17H2,1-4H3,(H,31,36)(H,32,33)/t20-,24+,25-,29+,30+/m1/s1. The fourth-order valence-corrected chi connectivity index (χ4v) is 7.73. The molecule has 39 heavy (non-hydrogen) atoms. The largest absolute Gasteiger partial charge is 0.497 e. The normalized spacial score (nSPS) is 27.7. The molecule has 1 heterocycles. The van der Waals surface area contributed by atoms with Crippen LogP contribution in [0.1, 0.15) is 49.6 Å². The number of aromatic nitrogens is 1. The van der Waals surface area contributed by atoms with Gasteiger partial charge >= 0.3 is 0 Å². The molecular weight excluding hydrogens is 514 g/mol. The monoisotopic (exact) mass is 551 g/mol. The van der Waals surface area contributed by atoms with Gasteiger partial charge in [0, 0.05) is 34.4 Å². The molecule has 1 saturated carbocycles. The highest BCUT2D eigenvalue weighted by Gasteiger charge is 2.59. The molecule has 5 rings (SSSR count). The topological polar surface area (TPSA) is 113 Å². The van der Waals surface area contributed by atoms with Crippen LogP contribution in [-0.4, -0.2) is 48.0 Å². The molecule has 4 N–H and O–H groups in total. The van der Waals surface area contributed by atoms with E-state index in [9.17, 15) is 15.0 Å². The van der Waals surface area contributed by atoms with Crippen molar-refractivity contribution < 1.29 is 24.5 Å². The van der Waals surface area contributed by atoms with Gasteiger partial charge in [-0.3, -0.25) is 4.79 Å². The Morgan fingerprint density at radius 2 is 1.92 bits per heavy atom. The number of fused-ring (bicyclic) bond motifs is 2. The van der Waals surface area contributed by atoms with E-state index in [0.717, 1.165) is 28.4 Å². The minimum absolute atomic E-state index is 0.0135. The fourth-order valence-electron chi connectivity index (χ4n) is 6.65. The number of methoxy groups -OCH3 is 2. The number of aliphatic hydroxyl groups is 2. The predicted octanol–water partition coefficient (Wildman–Crippen LogP) is 5.35. The molecule has 0 saturated heterocycles. The van der Waals surface area contributed by atoms with E-state index in [4.69, 9.17) is 14.5 Å². The summed E-state index contributed by atoms with van der Waals surface area (Å²) in [6.07, 6.45) is 1.67. The highest BCUT2D eigenvalue weighted by molar-refractivity contribution is 7.15. The minimum Gasteiger partial charge on any atom is -0.497 e. The lowest BCUT2D eigenvalue weighted by Gasteiger charge is -2.58. The maximum Gasteiger partial charge on any atom is 0.225 e. The lowest BCUT2D eigenvalue weighted by molar-refractivity contribution is -0.143. The van der Waals surface area contributed by atoms with Crippen LogP contribution >= 0.6 is 11.3 Å². The Morgan fingerprint density at radius 1 is 1.15 bits per heavy atom. The first kappa shape index (κ1) is 27.4. The fraction of sp³-hybridized carbons (Fsp3) is 0.467. The van der Waals surface area contributed by atoms with Gasteiger partial charge in [-0.05, 0) is 54.9 Å². The van der Waals surface area contributed by atoms with E-state index in [-0.39, 0.29) is 36.2 Å². The number of hydrogen-bond acceptors (Lipinski definition) is 8. The van der Waals surface area contributed by atoms with Gasteiger partial charge in [-0.25, -0.2) is 4.98 Å². The third-order valence-electron chi connectivity index (χ3n) is 8.99. The van der Waals surface area contributed by atoms with Crippen molar-refractivity contribution >= 4 is 33.8 Å². The summed E-state index contributed by atoms with van der Waals surface area (Å²) in [5, 5.41) is 28.7. The molecule has 0 bridgehead atoms. The Balaban J connectivity index is 1.53. The number of aliphatic hydroxyl groups excluding tert-OH is 2. The van der Waals surface area contributed by atoms with Crippen LogP contribution in [0.4, 0.5) is 16.5 Å². The zero-order valence-electron chi connectivity index (χ0n) is 22.9. The van der Waals surface area contributed by atoms with E-state index < -0.39 is 11.5 Å². The number of nitrogens with zero attached hydrogens (tertiary/aromatic N) is 1. The number of carbonyl (C=O) groups is 1. The van der Waals surface area contributed by atoms with Crippen LogP contribution < -0.4 is 20.1 Å². The number of anilines is 3. The molecule has 5 atom stereocenters. The Bertz CT molecular complexity index is 1330. The van der Waals surface area contributed by atoms with Crippen LogP contribution in [-0.2, 0) is 11.2 Å². The molecule has 3 aromatic rings. The van der Waals surface area contributed by atoms with Gasteiger partial charge in [0.1, 0.15) is 11.5 Å².